The second-order valence-corrected chi connectivity index (χ2v) is 8.60. The molecule has 0 aromatic heterocycles. The van der Waals surface area contributed by atoms with E-state index in [2.05, 4.69) is 15.6 Å². The second-order valence-electron chi connectivity index (χ2n) is 8.60. The number of likely N-dealkylation sites (N-methyl/N-ethyl adjacent to an activating group) is 1. The average Bonchev–Trinajstić information content (AvgIpc) is 2.98. The van der Waals surface area contributed by atoms with Crippen LogP contribution < -0.4 is 15.5 Å². The SMILES string of the molecule is CN1C(=O)C(NC(=O)C(C)(F)C(=O)NCc2cc(F)cc(F)c2)N=C(c2ccccc2)c2ccccc21. The Hall–Kier alpha value is -4.47. The molecule has 0 saturated heterocycles. The standard InChI is InChI=1S/C27H23F3N4O3/c1-27(30,25(36)31-15-16-12-18(28)14-19(29)13-16)26(37)33-23-24(35)34(2)21-11-7-6-10-20(21)22(32-23)17-8-4-3-5-9-17/h3-14,23H,15H2,1-2H3,(H,31,36)(H,33,37). The van der Waals surface area contributed by atoms with Gasteiger partial charge in [0.1, 0.15) is 11.6 Å². The van der Waals surface area contributed by atoms with Crippen LogP contribution in [0.1, 0.15) is 23.6 Å². The minimum absolute atomic E-state index is 0.0393. The van der Waals surface area contributed by atoms with Gasteiger partial charge in [-0.1, -0.05) is 48.5 Å². The van der Waals surface area contributed by atoms with Crippen LogP contribution in [0.2, 0.25) is 0 Å². The van der Waals surface area contributed by atoms with Crippen molar-refractivity contribution >= 4 is 29.1 Å². The summed E-state index contributed by atoms with van der Waals surface area (Å²) >= 11 is 0. The van der Waals surface area contributed by atoms with Crippen molar-refractivity contribution in [2.24, 2.45) is 4.99 Å². The highest BCUT2D eigenvalue weighted by atomic mass is 19.1. The lowest BCUT2D eigenvalue weighted by atomic mass is 10.0. The van der Waals surface area contributed by atoms with E-state index in [0.717, 1.165) is 19.1 Å². The molecule has 0 spiro atoms. The fourth-order valence-corrected chi connectivity index (χ4v) is 3.87. The van der Waals surface area contributed by atoms with Crippen molar-refractivity contribution in [1.29, 1.82) is 0 Å². The monoisotopic (exact) mass is 508 g/mol. The molecular weight excluding hydrogens is 485 g/mol. The maximum absolute atomic E-state index is 15.4. The summed E-state index contributed by atoms with van der Waals surface area (Å²) in [5.41, 5.74) is -0.846. The smallest absolute Gasteiger partial charge is 0.272 e. The number of para-hydroxylation sites is 1. The van der Waals surface area contributed by atoms with Gasteiger partial charge in [0.25, 0.3) is 23.4 Å². The van der Waals surface area contributed by atoms with Crippen molar-refractivity contribution in [3.8, 4) is 0 Å². The molecular formula is C27H23F3N4O3. The summed E-state index contributed by atoms with van der Waals surface area (Å²) in [5, 5.41) is 4.39. The van der Waals surface area contributed by atoms with Crippen molar-refractivity contribution in [2.75, 3.05) is 11.9 Å². The zero-order valence-electron chi connectivity index (χ0n) is 20.0. The van der Waals surface area contributed by atoms with Gasteiger partial charge in [-0.2, -0.15) is 0 Å². The van der Waals surface area contributed by atoms with Crippen LogP contribution in [0.5, 0.6) is 0 Å². The van der Waals surface area contributed by atoms with Gasteiger partial charge in [0.2, 0.25) is 6.17 Å². The summed E-state index contributed by atoms with van der Waals surface area (Å²) in [7, 11) is 1.50. The maximum atomic E-state index is 15.4. The predicted molar refractivity (Wildman–Crippen MR) is 132 cm³/mol. The van der Waals surface area contributed by atoms with Crippen molar-refractivity contribution in [1.82, 2.24) is 10.6 Å². The molecule has 0 fully saturated rings. The number of nitrogens with zero attached hydrogens (tertiary/aromatic N) is 2. The maximum Gasteiger partial charge on any atom is 0.272 e. The Morgan fingerprint density at radius 2 is 1.59 bits per heavy atom. The summed E-state index contributed by atoms with van der Waals surface area (Å²) in [4.78, 5) is 44.3. The van der Waals surface area contributed by atoms with E-state index in [1.165, 1.54) is 11.9 Å². The molecule has 0 saturated carbocycles. The normalized spacial score (nSPS) is 16.7. The Morgan fingerprint density at radius 3 is 2.27 bits per heavy atom. The Kier molecular flexibility index (Phi) is 7.10. The number of rotatable bonds is 6. The van der Waals surface area contributed by atoms with Crippen molar-refractivity contribution < 1.29 is 27.6 Å². The van der Waals surface area contributed by atoms with E-state index in [9.17, 15) is 23.2 Å². The number of anilines is 1. The van der Waals surface area contributed by atoms with Crippen LogP contribution in [0.4, 0.5) is 18.9 Å². The van der Waals surface area contributed by atoms with E-state index < -0.39 is 47.7 Å². The minimum atomic E-state index is -3.12. The number of benzodiazepines with no additional fused rings is 1. The number of halogens is 3. The molecule has 3 aromatic rings. The summed E-state index contributed by atoms with van der Waals surface area (Å²) < 4.78 is 42.1. The van der Waals surface area contributed by atoms with Crippen LogP contribution in [0.25, 0.3) is 0 Å². The van der Waals surface area contributed by atoms with Crippen molar-refractivity contribution in [3.63, 3.8) is 0 Å². The van der Waals surface area contributed by atoms with Gasteiger partial charge in [-0.3, -0.25) is 14.4 Å². The molecule has 3 aromatic carbocycles. The van der Waals surface area contributed by atoms with Crippen LogP contribution in [0, 0.1) is 11.6 Å². The zero-order chi connectivity index (χ0) is 26.7. The molecule has 190 valence electrons. The molecule has 3 amide bonds. The Balaban J connectivity index is 1.58. The Morgan fingerprint density at radius 1 is 0.973 bits per heavy atom. The van der Waals surface area contributed by atoms with Gasteiger partial charge in [0.05, 0.1) is 11.4 Å². The van der Waals surface area contributed by atoms with Gasteiger partial charge < -0.3 is 15.5 Å². The van der Waals surface area contributed by atoms with Crippen molar-refractivity contribution in [3.05, 3.63) is 101 Å². The van der Waals surface area contributed by atoms with E-state index >= 15 is 4.39 Å². The fourth-order valence-electron chi connectivity index (χ4n) is 3.87. The molecule has 2 unspecified atom stereocenters. The Bertz CT molecular complexity index is 1370. The number of hydrogen-bond donors (Lipinski definition) is 2. The first kappa shape index (κ1) is 25.6. The molecule has 0 aliphatic carbocycles. The third-order valence-electron chi connectivity index (χ3n) is 5.89. The van der Waals surface area contributed by atoms with E-state index in [-0.39, 0.29) is 5.56 Å². The fraction of sp³-hybridized carbons (Fsp3) is 0.185. The van der Waals surface area contributed by atoms with E-state index in [0.29, 0.717) is 28.6 Å². The highest BCUT2D eigenvalue weighted by Gasteiger charge is 2.44. The lowest BCUT2D eigenvalue weighted by Crippen LogP contribution is -2.56. The van der Waals surface area contributed by atoms with Gasteiger partial charge in [0, 0.05) is 30.8 Å². The molecule has 4 rings (SSSR count). The predicted octanol–water partition coefficient (Wildman–Crippen LogP) is 3.27. The number of alkyl halides is 1. The van der Waals surface area contributed by atoms with Crippen LogP contribution in [0.3, 0.4) is 0 Å². The molecule has 2 atom stereocenters. The van der Waals surface area contributed by atoms with E-state index in [1.807, 2.05) is 6.07 Å². The van der Waals surface area contributed by atoms with Crippen LogP contribution in [0.15, 0.2) is 77.8 Å². The topological polar surface area (TPSA) is 90.9 Å². The first-order chi connectivity index (χ1) is 17.6. The van der Waals surface area contributed by atoms with Gasteiger partial charge in [-0.25, -0.2) is 18.2 Å². The summed E-state index contributed by atoms with van der Waals surface area (Å²) in [6.45, 7) is 0.308. The molecule has 1 aliphatic rings. The van der Waals surface area contributed by atoms with Gasteiger partial charge >= 0.3 is 0 Å². The van der Waals surface area contributed by atoms with Gasteiger partial charge in [-0.15, -0.1) is 0 Å². The number of carbonyl (C=O) groups is 3. The first-order valence-corrected chi connectivity index (χ1v) is 11.3. The largest absolute Gasteiger partial charge is 0.349 e. The zero-order valence-corrected chi connectivity index (χ0v) is 20.0. The molecule has 37 heavy (non-hydrogen) atoms. The molecule has 7 nitrogen and oxygen atoms in total. The number of carbonyl (C=O) groups excluding carboxylic acids is 3. The van der Waals surface area contributed by atoms with Crippen molar-refractivity contribution in [2.45, 2.75) is 25.3 Å². The average molecular weight is 509 g/mol. The number of benzene rings is 3. The molecule has 1 heterocycles. The van der Waals surface area contributed by atoms with E-state index in [1.54, 1.807) is 48.5 Å². The lowest BCUT2D eigenvalue weighted by molar-refractivity contribution is -0.146. The summed E-state index contributed by atoms with van der Waals surface area (Å²) in [6, 6.07) is 18.6. The molecule has 0 bridgehead atoms. The molecule has 10 heteroatoms. The van der Waals surface area contributed by atoms with Crippen LogP contribution >= 0.6 is 0 Å². The second kappa shape index (κ2) is 10.3. The molecule has 1 aliphatic heterocycles. The lowest BCUT2D eigenvalue weighted by Gasteiger charge is -2.24. The number of amides is 3. The molecule has 2 N–H and O–H groups in total. The number of aliphatic imine (C=N–C) groups is 1. The third-order valence-corrected chi connectivity index (χ3v) is 5.89. The summed E-state index contributed by atoms with van der Waals surface area (Å²) in [6.07, 6.45) is -1.53. The van der Waals surface area contributed by atoms with Gasteiger partial charge in [-0.05, 0) is 30.7 Å². The number of hydrogen-bond acceptors (Lipinski definition) is 4. The Labute approximate surface area is 211 Å². The number of fused-ring (bicyclic) bond motifs is 1. The third kappa shape index (κ3) is 5.37. The quantitative estimate of drug-likeness (QED) is 0.501. The van der Waals surface area contributed by atoms with Gasteiger partial charge in [0.15, 0.2) is 0 Å². The highest BCUT2D eigenvalue weighted by molar-refractivity contribution is 6.20. The first-order valence-electron chi connectivity index (χ1n) is 11.3. The van der Waals surface area contributed by atoms with Crippen LogP contribution in [-0.4, -0.2) is 42.3 Å². The highest BCUT2D eigenvalue weighted by Crippen LogP contribution is 2.27. The summed E-state index contributed by atoms with van der Waals surface area (Å²) in [5.74, 6) is -5.12. The molecule has 0 radical (unpaired) electrons. The number of nitrogens with one attached hydrogen (secondary N) is 2. The minimum Gasteiger partial charge on any atom is -0.349 e. The van der Waals surface area contributed by atoms with E-state index in [4.69, 9.17) is 0 Å². The van der Waals surface area contributed by atoms with Crippen LogP contribution in [-0.2, 0) is 20.9 Å².